The fourth-order valence-electron chi connectivity index (χ4n) is 3.12. The summed E-state index contributed by atoms with van der Waals surface area (Å²) in [5, 5.41) is 0. The lowest BCUT2D eigenvalue weighted by atomic mass is 9.95. The predicted molar refractivity (Wildman–Crippen MR) is 68.2 cm³/mol. The monoisotopic (exact) mass is 244 g/mol. The maximum atomic E-state index is 6.06. The van der Waals surface area contributed by atoms with Crippen molar-refractivity contribution in [2.24, 2.45) is 0 Å². The van der Waals surface area contributed by atoms with Crippen LogP contribution in [0.5, 0.6) is 0 Å². The van der Waals surface area contributed by atoms with Crippen molar-refractivity contribution >= 4 is 16.9 Å². The van der Waals surface area contributed by atoms with Gasteiger partial charge < -0.3 is 15.0 Å². The van der Waals surface area contributed by atoms with E-state index in [0.717, 1.165) is 37.3 Å². The molecule has 0 radical (unpaired) electrons. The maximum Gasteiger partial charge on any atom is 0.151 e. The summed E-state index contributed by atoms with van der Waals surface area (Å²) in [5.74, 6) is 1.57. The molecule has 0 amide bonds. The largest absolute Gasteiger partial charge is 0.382 e. The SMILES string of the molecule is Nc1nc2c(c3c1nc1n3CCOC1)CCCC2. The van der Waals surface area contributed by atoms with E-state index >= 15 is 0 Å². The summed E-state index contributed by atoms with van der Waals surface area (Å²) >= 11 is 0. The van der Waals surface area contributed by atoms with Crippen LogP contribution in [0.25, 0.3) is 11.0 Å². The molecule has 0 unspecified atom stereocenters. The van der Waals surface area contributed by atoms with Crippen molar-refractivity contribution < 1.29 is 4.74 Å². The topological polar surface area (TPSA) is 66.0 Å². The number of aromatic nitrogens is 3. The van der Waals surface area contributed by atoms with E-state index in [1.165, 1.54) is 29.6 Å². The minimum Gasteiger partial charge on any atom is -0.382 e. The molecule has 94 valence electrons. The van der Waals surface area contributed by atoms with Crippen molar-refractivity contribution in [1.82, 2.24) is 14.5 Å². The third-order valence-corrected chi connectivity index (χ3v) is 3.96. The molecule has 2 aromatic rings. The molecule has 2 N–H and O–H groups in total. The predicted octanol–water partition coefficient (Wildman–Crippen LogP) is 1.42. The van der Waals surface area contributed by atoms with Crippen LogP contribution < -0.4 is 5.73 Å². The van der Waals surface area contributed by atoms with E-state index in [1.807, 2.05) is 0 Å². The Balaban J connectivity index is 2.08. The Bertz CT molecular complexity index is 632. The lowest BCUT2D eigenvalue weighted by molar-refractivity contribution is 0.0830. The fraction of sp³-hybridized carbons (Fsp3) is 0.538. The second kappa shape index (κ2) is 3.68. The Kier molecular flexibility index (Phi) is 2.11. The van der Waals surface area contributed by atoms with E-state index in [0.29, 0.717) is 12.4 Å². The number of aryl methyl sites for hydroxylation is 2. The standard InChI is InChI=1S/C13H16N4O/c14-13-11-12(8-3-1-2-4-9(8)15-13)17-5-6-18-7-10(17)16-11/h1-7H2,(H2,14,15). The summed E-state index contributed by atoms with van der Waals surface area (Å²) in [5.41, 5.74) is 10.7. The average molecular weight is 244 g/mol. The van der Waals surface area contributed by atoms with Crippen LogP contribution in [0.2, 0.25) is 0 Å². The molecule has 1 aliphatic heterocycles. The van der Waals surface area contributed by atoms with Crippen LogP contribution in [0.15, 0.2) is 0 Å². The van der Waals surface area contributed by atoms with Gasteiger partial charge in [0.25, 0.3) is 0 Å². The summed E-state index contributed by atoms with van der Waals surface area (Å²) in [7, 11) is 0. The molecule has 2 aromatic heterocycles. The normalized spacial score (nSPS) is 18.7. The highest BCUT2D eigenvalue weighted by Crippen LogP contribution is 2.32. The highest BCUT2D eigenvalue weighted by atomic mass is 16.5. The van der Waals surface area contributed by atoms with E-state index in [2.05, 4.69) is 14.5 Å². The number of fused-ring (bicyclic) bond motifs is 5. The number of ether oxygens (including phenoxy) is 1. The average Bonchev–Trinajstić information content (AvgIpc) is 2.79. The van der Waals surface area contributed by atoms with Crippen LogP contribution in [-0.4, -0.2) is 21.1 Å². The van der Waals surface area contributed by atoms with Crippen LogP contribution in [0.4, 0.5) is 5.82 Å². The smallest absolute Gasteiger partial charge is 0.151 e. The highest BCUT2D eigenvalue weighted by Gasteiger charge is 2.23. The molecule has 0 saturated heterocycles. The van der Waals surface area contributed by atoms with Crippen LogP contribution in [-0.2, 0) is 30.7 Å². The van der Waals surface area contributed by atoms with Crippen molar-refractivity contribution in [2.45, 2.75) is 38.8 Å². The summed E-state index contributed by atoms with van der Waals surface area (Å²) < 4.78 is 7.74. The molecule has 0 fully saturated rings. The fourth-order valence-corrected chi connectivity index (χ4v) is 3.12. The number of hydrogen-bond acceptors (Lipinski definition) is 4. The van der Waals surface area contributed by atoms with Gasteiger partial charge >= 0.3 is 0 Å². The summed E-state index contributed by atoms with van der Waals surface area (Å²) in [6, 6.07) is 0. The number of nitrogens with zero attached hydrogens (tertiary/aromatic N) is 3. The van der Waals surface area contributed by atoms with Crippen molar-refractivity contribution in [1.29, 1.82) is 0 Å². The molecule has 18 heavy (non-hydrogen) atoms. The third kappa shape index (κ3) is 1.31. The van der Waals surface area contributed by atoms with Crippen LogP contribution in [0.1, 0.15) is 29.9 Å². The van der Waals surface area contributed by atoms with Crippen molar-refractivity contribution in [3.8, 4) is 0 Å². The minimum absolute atomic E-state index is 0.576. The molecule has 0 saturated carbocycles. The minimum atomic E-state index is 0.576. The molecule has 0 spiro atoms. The van der Waals surface area contributed by atoms with Crippen LogP contribution >= 0.6 is 0 Å². The van der Waals surface area contributed by atoms with E-state index in [-0.39, 0.29) is 0 Å². The number of nitrogen functional groups attached to an aromatic ring is 1. The van der Waals surface area contributed by atoms with Crippen molar-refractivity contribution in [2.75, 3.05) is 12.3 Å². The molecular formula is C13H16N4O. The molecule has 0 aromatic carbocycles. The number of imidazole rings is 1. The number of pyridine rings is 1. The zero-order chi connectivity index (χ0) is 12.1. The molecule has 5 heteroatoms. The zero-order valence-corrected chi connectivity index (χ0v) is 10.3. The summed E-state index contributed by atoms with van der Waals surface area (Å²) in [6.45, 7) is 2.22. The van der Waals surface area contributed by atoms with Gasteiger partial charge in [0.15, 0.2) is 5.82 Å². The first-order valence-corrected chi connectivity index (χ1v) is 6.58. The van der Waals surface area contributed by atoms with E-state index in [9.17, 15) is 0 Å². The first-order chi connectivity index (χ1) is 8.84. The Morgan fingerprint density at radius 3 is 3.00 bits per heavy atom. The second-order valence-electron chi connectivity index (χ2n) is 5.06. The lowest BCUT2D eigenvalue weighted by Gasteiger charge is -2.20. The summed E-state index contributed by atoms with van der Waals surface area (Å²) in [6.07, 6.45) is 4.61. The quantitative estimate of drug-likeness (QED) is 0.761. The van der Waals surface area contributed by atoms with Crippen LogP contribution in [0, 0.1) is 0 Å². The third-order valence-electron chi connectivity index (χ3n) is 3.96. The van der Waals surface area contributed by atoms with E-state index in [1.54, 1.807) is 0 Å². The van der Waals surface area contributed by atoms with Gasteiger partial charge in [-0.2, -0.15) is 0 Å². The lowest BCUT2D eigenvalue weighted by Crippen LogP contribution is -2.18. The van der Waals surface area contributed by atoms with Crippen LogP contribution in [0.3, 0.4) is 0 Å². The molecular weight excluding hydrogens is 228 g/mol. The van der Waals surface area contributed by atoms with Gasteiger partial charge in [0.1, 0.15) is 17.9 Å². The Morgan fingerprint density at radius 2 is 2.06 bits per heavy atom. The molecule has 1 aliphatic carbocycles. The Labute approximate surface area is 105 Å². The first kappa shape index (κ1) is 10.3. The van der Waals surface area contributed by atoms with Gasteiger partial charge in [0, 0.05) is 12.2 Å². The van der Waals surface area contributed by atoms with Gasteiger partial charge in [0.2, 0.25) is 0 Å². The van der Waals surface area contributed by atoms with E-state index in [4.69, 9.17) is 10.5 Å². The number of rotatable bonds is 0. The molecule has 0 atom stereocenters. The van der Waals surface area contributed by atoms with Gasteiger partial charge in [0.05, 0.1) is 12.1 Å². The van der Waals surface area contributed by atoms with Gasteiger partial charge in [-0.3, -0.25) is 0 Å². The molecule has 2 aliphatic rings. The Hall–Kier alpha value is -1.62. The second-order valence-corrected chi connectivity index (χ2v) is 5.06. The van der Waals surface area contributed by atoms with Gasteiger partial charge in [-0.1, -0.05) is 0 Å². The molecule has 4 rings (SSSR count). The van der Waals surface area contributed by atoms with E-state index < -0.39 is 0 Å². The molecule has 0 bridgehead atoms. The zero-order valence-electron chi connectivity index (χ0n) is 10.3. The van der Waals surface area contributed by atoms with Gasteiger partial charge in [-0.15, -0.1) is 0 Å². The van der Waals surface area contributed by atoms with Gasteiger partial charge in [-0.25, -0.2) is 9.97 Å². The maximum absolute atomic E-state index is 6.06. The Morgan fingerprint density at radius 1 is 1.17 bits per heavy atom. The van der Waals surface area contributed by atoms with Crippen molar-refractivity contribution in [3.63, 3.8) is 0 Å². The molecule has 3 heterocycles. The van der Waals surface area contributed by atoms with Gasteiger partial charge in [-0.05, 0) is 31.2 Å². The molecule has 5 nitrogen and oxygen atoms in total. The summed E-state index contributed by atoms with van der Waals surface area (Å²) in [4.78, 5) is 9.16. The number of anilines is 1. The highest BCUT2D eigenvalue weighted by molar-refractivity contribution is 5.89. The first-order valence-electron chi connectivity index (χ1n) is 6.58. The number of hydrogen-bond donors (Lipinski definition) is 1. The number of nitrogens with two attached hydrogens (primary N) is 1. The van der Waals surface area contributed by atoms with Crippen molar-refractivity contribution in [3.05, 3.63) is 17.1 Å².